The predicted octanol–water partition coefficient (Wildman–Crippen LogP) is -0.815. The lowest BCUT2D eigenvalue weighted by Crippen LogP contribution is -2.38. The van der Waals surface area contributed by atoms with Crippen LogP contribution in [0, 0.1) is 0 Å². The van der Waals surface area contributed by atoms with Crippen LogP contribution in [0.15, 0.2) is 15.8 Å². The van der Waals surface area contributed by atoms with E-state index in [1.165, 1.54) is 4.57 Å². The number of hydrogen-bond donors (Lipinski definition) is 2. The Morgan fingerprint density at radius 1 is 1.53 bits per heavy atom. The van der Waals surface area contributed by atoms with E-state index in [-0.39, 0.29) is 6.04 Å². The van der Waals surface area contributed by atoms with Crippen LogP contribution in [0.5, 0.6) is 0 Å². The van der Waals surface area contributed by atoms with Crippen molar-refractivity contribution < 1.29 is 9.90 Å². The van der Waals surface area contributed by atoms with Crippen LogP contribution in [0.3, 0.4) is 0 Å². The second-order valence-electron chi connectivity index (χ2n) is 4.07. The summed E-state index contributed by atoms with van der Waals surface area (Å²) in [4.78, 5) is 37.3. The maximum Gasteiger partial charge on any atom is 0.342 e. The van der Waals surface area contributed by atoms with E-state index in [1.807, 2.05) is 30.9 Å². The highest BCUT2D eigenvalue weighted by Gasteiger charge is 2.13. The van der Waals surface area contributed by atoms with Gasteiger partial charge in [-0.1, -0.05) is 0 Å². The molecule has 0 fully saturated rings. The summed E-state index contributed by atoms with van der Waals surface area (Å²) in [5, 5.41) is 8.78. The Kier molecular flexibility index (Phi) is 3.84. The number of rotatable bonds is 4. The first kappa shape index (κ1) is 13.2. The van der Waals surface area contributed by atoms with Gasteiger partial charge in [0.25, 0.3) is 5.56 Å². The summed E-state index contributed by atoms with van der Waals surface area (Å²) in [5.74, 6) is -1.35. The Bertz CT molecular complexity index is 529. The van der Waals surface area contributed by atoms with Gasteiger partial charge in [0.1, 0.15) is 5.56 Å². The lowest BCUT2D eigenvalue weighted by molar-refractivity contribution is 0.0693. The molecule has 7 nitrogen and oxygen atoms in total. The van der Waals surface area contributed by atoms with Gasteiger partial charge in [0.15, 0.2) is 0 Å². The van der Waals surface area contributed by atoms with Gasteiger partial charge in [-0.15, -0.1) is 0 Å². The minimum atomic E-state index is -1.35. The molecule has 1 aromatic heterocycles. The molecule has 0 amide bonds. The zero-order valence-corrected chi connectivity index (χ0v) is 9.93. The molecule has 94 valence electrons. The van der Waals surface area contributed by atoms with Crippen LogP contribution < -0.4 is 11.2 Å². The molecule has 0 saturated heterocycles. The monoisotopic (exact) mass is 241 g/mol. The SMILES string of the molecule is CC(Cn1cc(C(=O)O)c(=O)[nH]c1=O)N(C)C. The van der Waals surface area contributed by atoms with Crippen LogP contribution in [0.1, 0.15) is 17.3 Å². The molecule has 1 atom stereocenters. The van der Waals surface area contributed by atoms with Gasteiger partial charge in [-0.05, 0) is 21.0 Å². The topological polar surface area (TPSA) is 95.4 Å². The number of nitrogens with one attached hydrogen (secondary N) is 1. The van der Waals surface area contributed by atoms with Gasteiger partial charge >= 0.3 is 11.7 Å². The molecule has 1 aromatic rings. The number of carbonyl (C=O) groups is 1. The molecule has 2 N–H and O–H groups in total. The number of H-pyrrole nitrogens is 1. The van der Waals surface area contributed by atoms with E-state index in [4.69, 9.17) is 5.11 Å². The lowest BCUT2D eigenvalue weighted by atomic mass is 10.3. The van der Waals surface area contributed by atoms with Crippen molar-refractivity contribution in [3.8, 4) is 0 Å². The number of aromatic nitrogens is 2. The maximum atomic E-state index is 11.5. The third-order valence-electron chi connectivity index (χ3n) is 2.58. The summed E-state index contributed by atoms with van der Waals surface area (Å²) >= 11 is 0. The van der Waals surface area contributed by atoms with E-state index in [2.05, 4.69) is 0 Å². The highest BCUT2D eigenvalue weighted by Crippen LogP contribution is 1.96. The summed E-state index contributed by atoms with van der Waals surface area (Å²) in [5.41, 5.74) is -1.92. The molecule has 0 aromatic carbocycles. The second kappa shape index (κ2) is 4.96. The van der Waals surface area contributed by atoms with Crippen molar-refractivity contribution in [1.82, 2.24) is 14.5 Å². The van der Waals surface area contributed by atoms with Gasteiger partial charge in [-0.2, -0.15) is 0 Å². The van der Waals surface area contributed by atoms with Gasteiger partial charge < -0.3 is 10.0 Å². The van der Waals surface area contributed by atoms with Gasteiger partial charge in [-0.25, -0.2) is 9.59 Å². The number of hydrogen-bond acceptors (Lipinski definition) is 4. The molecule has 0 aliphatic carbocycles. The summed E-state index contributed by atoms with van der Waals surface area (Å²) in [6.07, 6.45) is 1.07. The van der Waals surface area contributed by atoms with Gasteiger partial charge in [0, 0.05) is 18.8 Å². The average Bonchev–Trinajstić information content (AvgIpc) is 2.21. The fourth-order valence-corrected chi connectivity index (χ4v) is 1.25. The van der Waals surface area contributed by atoms with Crippen LogP contribution in [0.4, 0.5) is 0 Å². The van der Waals surface area contributed by atoms with Crippen LogP contribution in [0.2, 0.25) is 0 Å². The zero-order valence-electron chi connectivity index (χ0n) is 9.93. The summed E-state index contributed by atoms with van der Waals surface area (Å²) in [6.45, 7) is 2.20. The minimum Gasteiger partial charge on any atom is -0.477 e. The largest absolute Gasteiger partial charge is 0.477 e. The summed E-state index contributed by atoms with van der Waals surface area (Å²) < 4.78 is 1.19. The number of carboxylic acids is 1. The third kappa shape index (κ3) is 3.04. The average molecular weight is 241 g/mol. The van der Waals surface area contributed by atoms with Crippen molar-refractivity contribution >= 4 is 5.97 Å². The zero-order chi connectivity index (χ0) is 13.2. The highest BCUT2D eigenvalue weighted by molar-refractivity contribution is 5.86. The fourth-order valence-electron chi connectivity index (χ4n) is 1.25. The van der Waals surface area contributed by atoms with Crippen LogP contribution in [0.25, 0.3) is 0 Å². The van der Waals surface area contributed by atoms with E-state index >= 15 is 0 Å². The van der Waals surface area contributed by atoms with E-state index in [0.717, 1.165) is 6.20 Å². The molecular formula is C10H15N3O4. The number of carboxylic acid groups (broad SMARTS) is 1. The molecule has 1 rings (SSSR count). The van der Waals surface area contributed by atoms with Crippen molar-refractivity contribution in [1.29, 1.82) is 0 Å². The molecule has 0 spiro atoms. The first-order valence-electron chi connectivity index (χ1n) is 5.06. The molecule has 0 bridgehead atoms. The Balaban J connectivity index is 3.17. The normalized spacial score (nSPS) is 12.7. The molecule has 1 unspecified atom stereocenters. The standard InChI is InChI=1S/C10H15N3O4/c1-6(12(2)3)4-13-5-7(9(15)16)8(14)11-10(13)17/h5-6H,4H2,1-3H3,(H,15,16)(H,11,14,17). The van der Waals surface area contributed by atoms with Gasteiger partial charge in [-0.3, -0.25) is 14.3 Å². The van der Waals surface area contributed by atoms with E-state index in [1.54, 1.807) is 0 Å². The Labute approximate surface area is 97.3 Å². The van der Waals surface area contributed by atoms with Crippen molar-refractivity contribution in [2.45, 2.75) is 19.5 Å². The Hall–Kier alpha value is -1.89. The number of aromatic carboxylic acids is 1. The lowest BCUT2D eigenvalue weighted by Gasteiger charge is -2.20. The van der Waals surface area contributed by atoms with E-state index in [9.17, 15) is 14.4 Å². The quantitative estimate of drug-likeness (QED) is 0.718. The van der Waals surface area contributed by atoms with Crippen LogP contribution >= 0.6 is 0 Å². The van der Waals surface area contributed by atoms with Crippen LogP contribution in [-0.4, -0.2) is 45.7 Å². The number of aromatic amines is 1. The molecule has 0 aliphatic heterocycles. The molecule has 7 heteroatoms. The smallest absolute Gasteiger partial charge is 0.342 e. The highest BCUT2D eigenvalue weighted by atomic mass is 16.4. The van der Waals surface area contributed by atoms with Gasteiger partial charge in [0.2, 0.25) is 0 Å². The molecule has 1 heterocycles. The number of likely N-dealkylation sites (N-methyl/N-ethyl adjacent to an activating group) is 1. The minimum absolute atomic E-state index is 0.0419. The summed E-state index contributed by atoms with van der Waals surface area (Å²) in [7, 11) is 3.69. The van der Waals surface area contributed by atoms with E-state index in [0.29, 0.717) is 6.54 Å². The molecular weight excluding hydrogens is 226 g/mol. The Morgan fingerprint density at radius 2 is 2.12 bits per heavy atom. The molecule has 17 heavy (non-hydrogen) atoms. The molecule has 0 saturated carbocycles. The van der Waals surface area contributed by atoms with Crippen LogP contribution in [-0.2, 0) is 6.54 Å². The van der Waals surface area contributed by atoms with E-state index < -0.39 is 22.8 Å². The van der Waals surface area contributed by atoms with Crippen molar-refractivity contribution in [3.05, 3.63) is 32.6 Å². The first-order valence-corrected chi connectivity index (χ1v) is 5.06. The van der Waals surface area contributed by atoms with Crippen molar-refractivity contribution in [3.63, 3.8) is 0 Å². The second-order valence-corrected chi connectivity index (χ2v) is 4.07. The molecule has 0 radical (unpaired) electrons. The molecule has 0 aliphatic rings. The predicted molar refractivity (Wildman–Crippen MR) is 61.4 cm³/mol. The third-order valence-corrected chi connectivity index (χ3v) is 2.58. The maximum absolute atomic E-state index is 11.5. The van der Waals surface area contributed by atoms with Crippen molar-refractivity contribution in [2.24, 2.45) is 0 Å². The Morgan fingerprint density at radius 3 is 2.59 bits per heavy atom. The first-order chi connectivity index (χ1) is 7.82. The summed E-state index contributed by atoms with van der Waals surface area (Å²) in [6, 6.07) is 0.0419. The van der Waals surface area contributed by atoms with Gasteiger partial charge in [0.05, 0.1) is 0 Å². The fraction of sp³-hybridized carbons (Fsp3) is 0.500. The number of nitrogens with zero attached hydrogens (tertiary/aromatic N) is 2. The van der Waals surface area contributed by atoms with Crippen molar-refractivity contribution in [2.75, 3.05) is 14.1 Å².